The van der Waals surface area contributed by atoms with Crippen LogP contribution in [0.3, 0.4) is 0 Å². The van der Waals surface area contributed by atoms with Crippen molar-refractivity contribution >= 4 is 40.4 Å². The third-order valence-corrected chi connectivity index (χ3v) is 4.27. The van der Waals surface area contributed by atoms with Crippen molar-refractivity contribution in [1.82, 2.24) is 4.09 Å². The Morgan fingerprint density at radius 1 is 1.32 bits per heavy atom. The van der Waals surface area contributed by atoms with Gasteiger partial charge in [-0.15, -0.1) is 11.8 Å². The number of carbonyl (C=O) groups is 1. The Morgan fingerprint density at radius 3 is 2.55 bits per heavy atom. The van der Waals surface area contributed by atoms with Crippen molar-refractivity contribution in [2.75, 3.05) is 12.4 Å². The molecule has 0 saturated heterocycles. The highest BCUT2D eigenvalue weighted by Gasteiger charge is 2.24. The molecule has 22 heavy (non-hydrogen) atoms. The van der Waals surface area contributed by atoms with Gasteiger partial charge in [-0.3, -0.25) is 4.79 Å². The largest absolute Gasteiger partial charge is 0.462 e. The summed E-state index contributed by atoms with van der Waals surface area (Å²) >= 11 is 7.26. The highest BCUT2D eigenvalue weighted by Crippen LogP contribution is 2.28. The summed E-state index contributed by atoms with van der Waals surface area (Å²) in [6.07, 6.45) is 0. The zero-order valence-corrected chi connectivity index (χ0v) is 13.4. The van der Waals surface area contributed by atoms with E-state index in [4.69, 9.17) is 16.5 Å². The number of halogens is 3. The van der Waals surface area contributed by atoms with Gasteiger partial charge in [0.25, 0.3) is 0 Å². The molecule has 0 radical (unpaired) electrons. The summed E-state index contributed by atoms with van der Waals surface area (Å²) in [6, 6.07) is 1.56. The molecule has 0 aliphatic carbocycles. The van der Waals surface area contributed by atoms with E-state index in [1.807, 2.05) is 0 Å². The van der Waals surface area contributed by atoms with Crippen LogP contribution < -0.4 is 5.43 Å². The first-order chi connectivity index (χ1) is 10.4. The van der Waals surface area contributed by atoms with Crippen molar-refractivity contribution in [3.63, 3.8) is 0 Å². The number of nitrogens with zero attached hydrogens (tertiary/aromatic N) is 1. The van der Waals surface area contributed by atoms with E-state index >= 15 is 0 Å². The fraction of sp³-hybridized carbons (Fsp3) is 0.286. The lowest BCUT2D eigenvalue weighted by Crippen LogP contribution is -2.22. The van der Waals surface area contributed by atoms with Crippen molar-refractivity contribution in [2.24, 2.45) is 0 Å². The highest BCUT2D eigenvalue weighted by molar-refractivity contribution is 7.99. The zero-order valence-electron chi connectivity index (χ0n) is 11.8. The average Bonchev–Trinajstić information content (AvgIpc) is 2.47. The van der Waals surface area contributed by atoms with Gasteiger partial charge in [0.05, 0.1) is 17.5 Å². The third-order valence-electron chi connectivity index (χ3n) is 2.87. The summed E-state index contributed by atoms with van der Waals surface area (Å²) in [5, 5.41) is -0.0384. The lowest BCUT2D eigenvalue weighted by molar-refractivity contribution is 0.0520. The average molecular weight is 348 g/mol. The van der Waals surface area contributed by atoms with Crippen molar-refractivity contribution in [1.29, 1.82) is 0 Å². The Kier molecular flexibility index (Phi) is 5.08. The molecule has 1 aromatic carbocycles. The number of fused-ring (bicyclic) bond motifs is 1. The maximum Gasteiger partial charge on any atom is 0.344 e. The van der Waals surface area contributed by atoms with Gasteiger partial charge in [0.1, 0.15) is 10.6 Å². The van der Waals surface area contributed by atoms with Crippen LogP contribution in [0.2, 0.25) is 0 Å². The number of esters is 1. The molecule has 0 N–H and O–H groups in total. The molecular formula is C14H12ClF2NO3S. The first-order valence-corrected chi connectivity index (χ1v) is 7.78. The Hall–Kier alpha value is -1.60. The van der Waals surface area contributed by atoms with Crippen LogP contribution in [-0.2, 0) is 4.74 Å². The number of ether oxygens (including phenoxy) is 1. The monoisotopic (exact) mass is 347 g/mol. The summed E-state index contributed by atoms with van der Waals surface area (Å²) < 4.78 is 32.7. The molecule has 0 amide bonds. The molecule has 0 fully saturated rings. The second-order valence-electron chi connectivity index (χ2n) is 4.23. The van der Waals surface area contributed by atoms with E-state index in [2.05, 4.69) is 0 Å². The van der Waals surface area contributed by atoms with Crippen LogP contribution >= 0.6 is 23.5 Å². The summed E-state index contributed by atoms with van der Waals surface area (Å²) in [7, 11) is 0. The smallest absolute Gasteiger partial charge is 0.344 e. The Labute approximate surface area is 134 Å². The predicted octanol–water partition coefficient (Wildman–Crippen LogP) is 3.57. The fourth-order valence-corrected chi connectivity index (χ4v) is 3.15. The number of benzene rings is 1. The van der Waals surface area contributed by atoms with Crippen LogP contribution in [0.4, 0.5) is 8.78 Å². The highest BCUT2D eigenvalue weighted by atomic mass is 35.5. The molecule has 2 aromatic rings. The second kappa shape index (κ2) is 6.66. The Morgan fingerprint density at radius 2 is 1.95 bits per heavy atom. The molecule has 0 aliphatic heterocycles. The minimum Gasteiger partial charge on any atom is -0.462 e. The second-order valence-corrected chi connectivity index (χ2v) is 5.82. The maximum atomic E-state index is 13.4. The molecule has 0 unspecified atom stereocenters. The molecular weight excluding hydrogens is 336 g/mol. The number of carbonyl (C=O) groups excluding carboxylic acids is 1. The third kappa shape index (κ3) is 2.83. The quantitative estimate of drug-likeness (QED) is 0.626. The van der Waals surface area contributed by atoms with Crippen LogP contribution in [-0.4, -0.2) is 22.4 Å². The molecule has 1 heterocycles. The normalized spacial score (nSPS) is 11.0. The topological polar surface area (TPSA) is 48.3 Å². The van der Waals surface area contributed by atoms with E-state index in [0.29, 0.717) is 5.75 Å². The van der Waals surface area contributed by atoms with Gasteiger partial charge in [0.15, 0.2) is 11.6 Å². The summed E-state index contributed by atoms with van der Waals surface area (Å²) in [6.45, 7) is 3.48. The minimum atomic E-state index is -1.19. The van der Waals surface area contributed by atoms with E-state index in [1.165, 1.54) is 0 Å². The molecule has 4 nitrogen and oxygen atoms in total. The maximum absolute atomic E-state index is 13.4. The number of hydrogen-bond donors (Lipinski definition) is 0. The first kappa shape index (κ1) is 16.8. The van der Waals surface area contributed by atoms with Crippen molar-refractivity contribution in [3.8, 4) is 0 Å². The zero-order chi connectivity index (χ0) is 16.4. The van der Waals surface area contributed by atoms with Gasteiger partial charge in [-0.1, -0.05) is 6.92 Å². The SMILES string of the molecule is CCOC(=O)c1c(SCC)n(Cl)c2cc(F)c(F)cc2c1=O. The van der Waals surface area contributed by atoms with E-state index in [-0.39, 0.29) is 28.1 Å². The van der Waals surface area contributed by atoms with Crippen LogP contribution in [0.15, 0.2) is 22.0 Å². The molecule has 118 valence electrons. The molecule has 1 aromatic heterocycles. The Balaban J connectivity index is 2.90. The standard InChI is InChI=1S/C14H12ClF2NO3S/c1-3-21-14(20)11-12(19)7-5-8(16)9(17)6-10(7)18(15)13(11)22-4-2/h5-6H,3-4H2,1-2H3. The number of rotatable bonds is 4. The number of pyridine rings is 1. The molecule has 0 spiro atoms. The predicted molar refractivity (Wildman–Crippen MR) is 81.7 cm³/mol. The number of aromatic nitrogens is 1. The van der Waals surface area contributed by atoms with Gasteiger partial charge in [0, 0.05) is 17.8 Å². The number of thioether (sulfide) groups is 1. The lowest BCUT2D eigenvalue weighted by Gasteiger charge is -2.13. The Bertz CT molecular complexity index is 807. The van der Waals surface area contributed by atoms with Crippen molar-refractivity contribution in [2.45, 2.75) is 18.9 Å². The van der Waals surface area contributed by atoms with Crippen LogP contribution in [0, 0.1) is 11.6 Å². The van der Waals surface area contributed by atoms with E-state index in [9.17, 15) is 18.4 Å². The summed E-state index contributed by atoms with van der Waals surface area (Å²) in [4.78, 5) is 24.5. The summed E-state index contributed by atoms with van der Waals surface area (Å²) in [5.41, 5.74) is -1.02. The lowest BCUT2D eigenvalue weighted by atomic mass is 10.1. The fourth-order valence-electron chi connectivity index (χ4n) is 1.97. The van der Waals surface area contributed by atoms with E-state index in [1.54, 1.807) is 13.8 Å². The van der Waals surface area contributed by atoms with Gasteiger partial charge in [-0.2, -0.15) is 0 Å². The molecule has 0 bridgehead atoms. The molecule has 8 heteroatoms. The summed E-state index contributed by atoms with van der Waals surface area (Å²) in [5.74, 6) is -2.64. The van der Waals surface area contributed by atoms with Crippen LogP contribution in [0.25, 0.3) is 10.9 Å². The van der Waals surface area contributed by atoms with E-state index < -0.39 is 23.0 Å². The van der Waals surface area contributed by atoms with Gasteiger partial charge in [-0.25, -0.2) is 17.7 Å². The molecule has 0 saturated carbocycles. The van der Waals surface area contributed by atoms with Crippen molar-refractivity contribution < 1.29 is 18.3 Å². The van der Waals surface area contributed by atoms with Gasteiger partial charge < -0.3 is 4.74 Å². The van der Waals surface area contributed by atoms with Crippen LogP contribution in [0.5, 0.6) is 0 Å². The molecule has 2 rings (SSSR count). The van der Waals surface area contributed by atoms with Crippen LogP contribution in [0.1, 0.15) is 24.2 Å². The molecule has 0 atom stereocenters. The van der Waals surface area contributed by atoms with Gasteiger partial charge in [-0.05, 0) is 18.7 Å². The van der Waals surface area contributed by atoms with Gasteiger partial charge >= 0.3 is 5.97 Å². The minimum absolute atomic E-state index is 0.00503. The van der Waals surface area contributed by atoms with Crippen molar-refractivity contribution in [3.05, 3.63) is 39.6 Å². The van der Waals surface area contributed by atoms with E-state index in [0.717, 1.165) is 28.0 Å². The molecule has 0 aliphatic rings. The number of hydrogen-bond acceptors (Lipinski definition) is 4. The van der Waals surface area contributed by atoms with Gasteiger partial charge in [0.2, 0.25) is 5.43 Å². The first-order valence-electron chi connectivity index (χ1n) is 6.46.